The molecule has 1 rings (SSSR count). The largest absolute Gasteiger partial charge is 0.468 e. The first-order valence-corrected chi connectivity index (χ1v) is 4.67. The third-order valence-electron chi connectivity index (χ3n) is 2.92. The number of hydrogen-bond acceptors (Lipinski definition) is 4. The fourth-order valence-corrected chi connectivity index (χ4v) is 2.01. The SMILES string of the molecule is COC(=O)C1(C(=O)OC)C[C@H]1C(C)C. The second-order valence-electron chi connectivity index (χ2n) is 4.01. The van der Waals surface area contributed by atoms with Crippen molar-refractivity contribution in [1.29, 1.82) is 0 Å². The van der Waals surface area contributed by atoms with Crippen LogP contribution in [0.1, 0.15) is 20.3 Å². The predicted molar refractivity (Wildman–Crippen MR) is 49.4 cm³/mol. The fourth-order valence-electron chi connectivity index (χ4n) is 2.01. The Balaban J connectivity index is 2.86. The normalized spacial score (nSPS) is 23.1. The van der Waals surface area contributed by atoms with Gasteiger partial charge in [-0.25, -0.2) is 0 Å². The smallest absolute Gasteiger partial charge is 0.323 e. The van der Waals surface area contributed by atoms with Gasteiger partial charge in [-0.3, -0.25) is 9.59 Å². The van der Waals surface area contributed by atoms with Gasteiger partial charge in [0.05, 0.1) is 14.2 Å². The zero-order valence-electron chi connectivity index (χ0n) is 8.99. The minimum Gasteiger partial charge on any atom is -0.468 e. The Kier molecular flexibility index (Phi) is 2.83. The van der Waals surface area contributed by atoms with E-state index in [0.29, 0.717) is 6.42 Å². The molecule has 0 heterocycles. The van der Waals surface area contributed by atoms with Crippen LogP contribution in [0.2, 0.25) is 0 Å². The van der Waals surface area contributed by atoms with E-state index >= 15 is 0 Å². The molecule has 1 fully saturated rings. The molecule has 0 bridgehead atoms. The molecule has 0 radical (unpaired) electrons. The summed E-state index contributed by atoms with van der Waals surface area (Å²) in [6.45, 7) is 3.97. The van der Waals surface area contributed by atoms with Gasteiger partial charge in [0.25, 0.3) is 0 Å². The molecule has 0 N–H and O–H groups in total. The topological polar surface area (TPSA) is 52.6 Å². The van der Waals surface area contributed by atoms with Crippen LogP contribution >= 0.6 is 0 Å². The van der Waals surface area contributed by atoms with Gasteiger partial charge < -0.3 is 9.47 Å². The van der Waals surface area contributed by atoms with E-state index in [0.717, 1.165) is 0 Å². The molecule has 0 amide bonds. The Hall–Kier alpha value is -1.06. The van der Waals surface area contributed by atoms with E-state index in [4.69, 9.17) is 0 Å². The Morgan fingerprint density at radius 3 is 1.86 bits per heavy atom. The van der Waals surface area contributed by atoms with Gasteiger partial charge in [0.2, 0.25) is 0 Å². The van der Waals surface area contributed by atoms with Gasteiger partial charge in [0.1, 0.15) is 0 Å². The summed E-state index contributed by atoms with van der Waals surface area (Å²) in [6, 6.07) is 0. The molecule has 1 atom stereocenters. The summed E-state index contributed by atoms with van der Waals surface area (Å²) in [6.07, 6.45) is 0.546. The van der Waals surface area contributed by atoms with E-state index in [1.165, 1.54) is 14.2 Å². The molecule has 0 unspecified atom stereocenters. The van der Waals surface area contributed by atoms with Crippen LogP contribution < -0.4 is 0 Å². The highest BCUT2D eigenvalue weighted by Gasteiger charge is 2.68. The van der Waals surface area contributed by atoms with Crippen molar-refractivity contribution in [2.75, 3.05) is 14.2 Å². The molecule has 0 aliphatic heterocycles. The van der Waals surface area contributed by atoms with Gasteiger partial charge in [-0.1, -0.05) is 13.8 Å². The highest BCUT2D eigenvalue weighted by atomic mass is 16.5. The average molecular weight is 200 g/mol. The first kappa shape index (κ1) is 11.0. The van der Waals surface area contributed by atoms with Crippen molar-refractivity contribution in [3.05, 3.63) is 0 Å². The molecule has 14 heavy (non-hydrogen) atoms. The van der Waals surface area contributed by atoms with Crippen LogP contribution in [-0.4, -0.2) is 26.2 Å². The van der Waals surface area contributed by atoms with E-state index in [2.05, 4.69) is 9.47 Å². The highest BCUT2D eigenvalue weighted by molar-refractivity contribution is 6.03. The van der Waals surface area contributed by atoms with Crippen molar-refractivity contribution in [2.24, 2.45) is 17.3 Å². The maximum atomic E-state index is 11.5. The summed E-state index contributed by atoms with van der Waals surface area (Å²) in [7, 11) is 2.59. The summed E-state index contributed by atoms with van der Waals surface area (Å²) in [5, 5.41) is 0. The minimum atomic E-state index is -1.02. The maximum Gasteiger partial charge on any atom is 0.323 e. The number of rotatable bonds is 3. The summed E-state index contributed by atoms with van der Waals surface area (Å²) >= 11 is 0. The number of hydrogen-bond donors (Lipinski definition) is 0. The summed E-state index contributed by atoms with van der Waals surface area (Å²) in [5.41, 5.74) is -1.02. The van der Waals surface area contributed by atoms with Gasteiger partial charge in [-0.15, -0.1) is 0 Å². The monoisotopic (exact) mass is 200 g/mol. The van der Waals surface area contributed by atoms with Crippen LogP contribution in [-0.2, 0) is 19.1 Å². The Labute approximate surface area is 83.6 Å². The molecule has 4 nitrogen and oxygen atoms in total. The summed E-state index contributed by atoms with van der Waals surface area (Å²) in [5.74, 6) is -0.596. The zero-order valence-corrected chi connectivity index (χ0v) is 8.99. The second kappa shape index (κ2) is 3.59. The molecular weight excluding hydrogens is 184 g/mol. The van der Waals surface area contributed by atoms with E-state index in [9.17, 15) is 9.59 Å². The fraction of sp³-hybridized carbons (Fsp3) is 0.800. The predicted octanol–water partition coefficient (Wildman–Crippen LogP) is 0.995. The van der Waals surface area contributed by atoms with Gasteiger partial charge in [0.15, 0.2) is 5.41 Å². The van der Waals surface area contributed by atoms with Gasteiger partial charge in [-0.2, -0.15) is 0 Å². The first-order chi connectivity index (χ1) is 6.50. The highest BCUT2D eigenvalue weighted by Crippen LogP contribution is 2.57. The molecule has 1 aliphatic rings. The zero-order chi connectivity index (χ0) is 10.9. The van der Waals surface area contributed by atoms with Crippen molar-refractivity contribution in [2.45, 2.75) is 20.3 Å². The van der Waals surface area contributed by atoms with Crippen LogP contribution in [0.4, 0.5) is 0 Å². The van der Waals surface area contributed by atoms with Gasteiger partial charge >= 0.3 is 11.9 Å². The standard InChI is InChI=1S/C10H16O4/c1-6(2)7-5-10(7,8(11)13-3)9(12)14-4/h6-7H,5H2,1-4H3/t7-/m0/s1. The molecule has 1 aliphatic carbocycles. The second-order valence-corrected chi connectivity index (χ2v) is 4.01. The number of methoxy groups -OCH3 is 2. The summed E-state index contributed by atoms with van der Waals surface area (Å²) < 4.78 is 9.28. The van der Waals surface area contributed by atoms with Crippen LogP contribution in [0.25, 0.3) is 0 Å². The van der Waals surface area contributed by atoms with E-state index in [1.807, 2.05) is 13.8 Å². The van der Waals surface area contributed by atoms with Crippen molar-refractivity contribution < 1.29 is 19.1 Å². The summed E-state index contributed by atoms with van der Waals surface area (Å²) in [4.78, 5) is 23.0. The number of ether oxygens (including phenoxy) is 2. The van der Waals surface area contributed by atoms with Gasteiger partial charge in [0, 0.05) is 0 Å². The minimum absolute atomic E-state index is 0.0578. The lowest BCUT2D eigenvalue weighted by Gasteiger charge is -2.13. The average Bonchev–Trinajstić information content (AvgIpc) is 2.91. The number of carbonyl (C=O) groups excluding carboxylic acids is 2. The van der Waals surface area contributed by atoms with E-state index < -0.39 is 17.4 Å². The Morgan fingerprint density at radius 2 is 1.64 bits per heavy atom. The number of esters is 2. The third-order valence-corrected chi connectivity index (χ3v) is 2.92. The van der Waals surface area contributed by atoms with Crippen molar-refractivity contribution in [1.82, 2.24) is 0 Å². The van der Waals surface area contributed by atoms with Crippen molar-refractivity contribution in [3.63, 3.8) is 0 Å². The van der Waals surface area contributed by atoms with Crippen LogP contribution in [0.15, 0.2) is 0 Å². The quantitative estimate of drug-likeness (QED) is 0.503. The molecule has 0 aromatic carbocycles. The molecule has 0 spiro atoms. The third kappa shape index (κ3) is 1.38. The lowest BCUT2D eigenvalue weighted by Crippen LogP contribution is -2.31. The molecule has 4 heteroatoms. The molecular formula is C10H16O4. The van der Waals surface area contributed by atoms with E-state index in [-0.39, 0.29) is 11.8 Å². The van der Waals surface area contributed by atoms with Gasteiger partial charge in [-0.05, 0) is 18.3 Å². The molecule has 1 saturated carbocycles. The van der Waals surface area contributed by atoms with Crippen molar-refractivity contribution in [3.8, 4) is 0 Å². The molecule has 0 aromatic rings. The van der Waals surface area contributed by atoms with Crippen LogP contribution in [0, 0.1) is 17.3 Å². The molecule has 0 saturated heterocycles. The maximum absolute atomic E-state index is 11.5. The first-order valence-electron chi connectivity index (χ1n) is 4.67. The van der Waals surface area contributed by atoms with Crippen LogP contribution in [0.3, 0.4) is 0 Å². The van der Waals surface area contributed by atoms with Crippen LogP contribution in [0.5, 0.6) is 0 Å². The molecule has 80 valence electrons. The Morgan fingerprint density at radius 1 is 1.21 bits per heavy atom. The molecule has 0 aromatic heterocycles. The van der Waals surface area contributed by atoms with E-state index in [1.54, 1.807) is 0 Å². The lowest BCUT2D eigenvalue weighted by molar-refractivity contribution is -0.162. The Bertz CT molecular complexity index is 241. The number of carbonyl (C=O) groups is 2. The lowest BCUT2D eigenvalue weighted by atomic mass is 9.97. The van der Waals surface area contributed by atoms with Crippen molar-refractivity contribution >= 4 is 11.9 Å².